The molecule has 0 aromatic heterocycles. The van der Waals surface area contributed by atoms with Gasteiger partial charge in [-0.1, -0.05) is 26.2 Å². The molecule has 1 aromatic rings. The molecule has 0 saturated heterocycles. The summed E-state index contributed by atoms with van der Waals surface area (Å²) < 4.78 is 0. The highest BCUT2D eigenvalue weighted by Crippen LogP contribution is 2.10. The number of anilines is 1. The summed E-state index contributed by atoms with van der Waals surface area (Å²) in [4.78, 5) is 22.9. The Hall–Kier alpha value is -1.84. The molecule has 0 aliphatic carbocycles. The predicted octanol–water partition coefficient (Wildman–Crippen LogP) is 3.34. The van der Waals surface area contributed by atoms with E-state index in [2.05, 4.69) is 17.6 Å². The molecule has 2 amide bonds. The van der Waals surface area contributed by atoms with Crippen molar-refractivity contribution < 1.29 is 9.59 Å². The van der Waals surface area contributed by atoms with Gasteiger partial charge >= 0.3 is 0 Å². The molecule has 2 N–H and O–H groups in total. The molecule has 1 rings (SSSR count). The molecule has 0 aliphatic rings. The fourth-order valence-electron chi connectivity index (χ4n) is 1.99. The molecule has 1 atom stereocenters. The minimum Gasteiger partial charge on any atom is -0.350 e. The summed E-state index contributed by atoms with van der Waals surface area (Å²) in [6, 6.07) is 7.10. The van der Waals surface area contributed by atoms with E-state index >= 15 is 0 Å². The second-order valence-corrected chi connectivity index (χ2v) is 5.13. The number of amides is 2. The van der Waals surface area contributed by atoms with Gasteiger partial charge in [-0.3, -0.25) is 9.59 Å². The molecule has 0 spiro atoms. The second kappa shape index (κ2) is 8.35. The largest absolute Gasteiger partial charge is 0.350 e. The Balaban J connectivity index is 2.48. The fraction of sp³-hybridized carbons (Fsp3) is 0.500. The maximum absolute atomic E-state index is 12.0. The van der Waals surface area contributed by atoms with Gasteiger partial charge in [-0.25, -0.2) is 0 Å². The van der Waals surface area contributed by atoms with Gasteiger partial charge in [0.25, 0.3) is 5.91 Å². The standard InChI is InChI=1S/C16H24N2O2/c1-4-5-6-7-12(2)17-16(20)14-8-10-15(11-9-14)18-13(3)19/h8-12H,4-7H2,1-3H3,(H,17,20)(H,18,19). The van der Waals surface area contributed by atoms with Crippen LogP contribution in [0.25, 0.3) is 0 Å². The van der Waals surface area contributed by atoms with Crippen molar-refractivity contribution in [3.63, 3.8) is 0 Å². The van der Waals surface area contributed by atoms with Crippen LogP contribution in [0.3, 0.4) is 0 Å². The summed E-state index contributed by atoms with van der Waals surface area (Å²) in [5, 5.41) is 5.66. The number of rotatable bonds is 7. The highest BCUT2D eigenvalue weighted by molar-refractivity contribution is 5.95. The van der Waals surface area contributed by atoms with Crippen molar-refractivity contribution in [1.29, 1.82) is 0 Å². The van der Waals surface area contributed by atoms with Crippen LogP contribution in [0, 0.1) is 0 Å². The van der Waals surface area contributed by atoms with E-state index in [0.29, 0.717) is 11.3 Å². The second-order valence-electron chi connectivity index (χ2n) is 5.13. The van der Waals surface area contributed by atoms with Gasteiger partial charge in [0, 0.05) is 24.2 Å². The lowest BCUT2D eigenvalue weighted by molar-refractivity contribution is -0.114. The number of benzene rings is 1. The molecule has 0 bridgehead atoms. The van der Waals surface area contributed by atoms with Crippen molar-refractivity contribution in [1.82, 2.24) is 5.32 Å². The first-order valence-corrected chi connectivity index (χ1v) is 7.21. The number of unbranched alkanes of at least 4 members (excludes halogenated alkanes) is 2. The zero-order chi connectivity index (χ0) is 15.0. The normalized spacial score (nSPS) is 11.8. The monoisotopic (exact) mass is 276 g/mol. The van der Waals surface area contributed by atoms with Gasteiger partial charge in [0.05, 0.1) is 0 Å². The van der Waals surface area contributed by atoms with Crippen LogP contribution < -0.4 is 10.6 Å². The maximum atomic E-state index is 12.0. The molecular formula is C16H24N2O2. The molecule has 1 aromatic carbocycles. The van der Waals surface area contributed by atoms with Crippen molar-refractivity contribution in [2.45, 2.75) is 52.5 Å². The third kappa shape index (κ3) is 5.87. The Labute approximate surface area is 121 Å². The summed E-state index contributed by atoms with van der Waals surface area (Å²) in [7, 11) is 0. The number of carbonyl (C=O) groups is 2. The average molecular weight is 276 g/mol. The van der Waals surface area contributed by atoms with Crippen LogP contribution in [0.4, 0.5) is 5.69 Å². The summed E-state index contributed by atoms with van der Waals surface area (Å²) in [5.74, 6) is -0.185. The molecule has 0 fully saturated rings. The lowest BCUT2D eigenvalue weighted by Gasteiger charge is -2.13. The Bertz CT molecular complexity index is 440. The highest BCUT2D eigenvalue weighted by Gasteiger charge is 2.09. The molecule has 0 saturated carbocycles. The predicted molar refractivity (Wildman–Crippen MR) is 81.8 cm³/mol. The summed E-state index contributed by atoms with van der Waals surface area (Å²) in [6.45, 7) is 5.65. The van der Waals surface area contributed by atoms with E-state index in [1.165, 1.54) is 19.8 Å². The van der Waals surface area contributed by atoms with E-state index in [1.54, 1.807) is 24.3 Å². The third-order valence-electron chi connectivity index (χ3n) is 3.09. The van der Waals surface area contributed by atoms with Crippen LogP contribution in [-0.2, 0) is 4.79 Å². The average Bonchev–Trinajstić information content (AvgIpc) is 2.39. The van der Waals surface area contributed by atoms with Crippen LogP contribution in [-0.4, -0.2) is 17.9 Å². The number of hydrogen-bond acceptors (Lipinski definition) is 2. The Morgan fingerprint density at radius 1 is 1.15 bits per heavy atom. The van der Waals surface area contributed by atoms with E-state index in [9.17, 15) is 9.59 Å². The van der Waals surface area contributed by atoms with Crippen molar-refractivity contribution in [2.24, 2.45) is 0 Å². The van der Waals surface area contributed by atoms with Crippen molar-refractivity contribution >= 4 is 17.5 Å². The van der Waals surface area contributed by atoms with Crippen molar-refractivity contribution in [2.75, 3.05) is 5.32 Å². The fourth-order valence-corrected chi connectivity index (χ4v) is 1.99. The van der Waals surface area contributed by atoms with E-state index in [0.717, 1.165) is 12.8 Å². The Morgan fingerprint density at radius 3 is 2.35 bits per heavy atom. The van der Waals surface area contributed by atoms with Crippen molar-refractivity contribution in [3.05, 3.63) is 29.8 Å². The lowest BCUT2D eigenvalue weighted by Crippen LogP contribution is -2.32. The van der Waals surface area contributed by atoms with Crippen LogP contribution in [0.5, 0.6) is 0 Å². The van der Waals surface area contributed by atoms with Gasteiger partial charge in [0.1, 0.15) is 0 Å². The first-order chi connectivity index (χ1) is 9.52. The first kappa shape index (κ1) is 16.2. The lowest BCUT2D eigenvalue weighted by atomic mass is 10.1. The number of nitrogens with one attached hydrogen (secondary N) is 2. The molecule has 0 aliphatic heterocycles. The molecule has 110 valence electrons. The zero-order valence-corrected chi connectivity index (χ0v) is 12.5. The summed E-state index contributed by atoms with van der Waals surface area (Å²) in [6.07, 6.45) is 4.53. The Morgan fingerprint density at radius 2 is 1.80 bits per heavy atom. The van der Waals surface area contributed by atoms with Crippen LogP contribution >= 0.6 is 0 Å². The molecular weight excluding hydrogens is 252 g/mol. The van der Waals surface area contributed by atoms with Gasteiger partial charge in [-0.05, 0) is 37.6 Å². The van der Waals surface area contributed by atoms with Crippen molar-refractivity contribution in [3.8, 4) is 0 Å². The Kier molecular flexibility index (Phi) is 6.77. The molecule has 4 nitrogen and oxygen atoms in total. The smallest absolute Gasteiger partial charge is 0.251 e. The minimum absolute atomic E-state index is 0.0663. The van der Waals surface area contributed by atoms with Crippen LogP contribution in [0.2, 0.25) is 0 Å². The molecule has 0 radical (unpaired) electrons. The first-order valence-electron chi connectivity index (χ1n) is 7.21. The molecule has 0 heterocycles. The number of hydrogen-bond donors (Lipinski definition) is 2. The van der Waals surface area contributed by atoms with E-state index in [4.69, 9.17) is 0 Å². The van der Waals surface area contributed by atoms with E-state index < -0.39 is 0 Å². The van der Waals surface area contributed by atoms with Crippen LogP contribution in [0.15, 0.2) is 24.3 Å². The maximum Gasteiger partial charge on any atom is 0.251 e. The minimum atomic E-state index is -0.119. The molecule has 20 heavy (non-hydrogen) atoms. The van der Waals surface area contributed by atoms with E-state index in [1.807, 2.05) is 6.92 Å². The van der Waals surface area contributed by atoms with Gasteiger partial charge in [0.2, 0.25) is 5.91 Å². The summed E-state index contributed by atoms with van der Waals surface area (Å²) in [5.41, 5.74) is 1.31. The van der Waals surface area contributed by atoms with Gasteiger partial charge in [0.15, 0.2) is 0 Å². The SMILES string of the molecule is CCCCCC(C)NC(=O)c1ccc(NC(C)=O)cc1. The molecule has 4 heteroatoms. The zero-order valence-electron chi connectivity index (χ0n) is 12.5. The summed E-state index contributed by atoms with van der Waals surface area (Å²) >= 11 is 0. The molecule has 1 unspecified atom stereocenters. The van der Waals surface area contributed by atoms with Gasteiger partial charge < -0.3 is 10.6 Å². The third-order valence-corrected chi connectivity index (χ3v) is 3.09. The quantitative estimate of drug-likeness (QED) is 0.750. The van der Waals surface area contributed by atoms with Crippen LogP contribution in [0.1, 0.15) is 56.8 Å². The number of carbonyl (C=O) groups excluding carboxylic acids is 2. The topological polar surface area (TPSA) is 58.2 Å². The van der Waals surface area contributed by atoms with Gasteiger partial charge in [-0.15, -0.1) is 0 Å². The highest BCUT2D eigenvalue weighted by atomic mass is 16.2. The van der Waals surface area contributed by atoms with Gasteiger partial charge in [-0.2, -0.15) is 0 Å². The van der Waals surface area contributed by atoms with E-state index in [-0.39, 0.29) is 17.9 Å².